The first-order valence-electron chi connectivity index (χ1n) is 9.83. The number of hydrogen-bond acceptors (Lipinski definition) is 8. The summed E-state index contributed by atoms with van der Waals surface area (Å²) in [6.45, 7) is 6.27. The molecule has 0 unspecified atom stereocenters. The molecule has 4 rings (SSSR count). The molecule has 3 N–H and O–H groups in total. The van der Waals surface area contributed by atoms with E-state index in [0.717, 1.165) is 17.4 Å². The fourth-order valence-corrected chi connectivity index (χ4v) is 3.15. The smallest absolute Gasteiger partial charge is 0.291 e. The van der Waals surface area contributed by atoms with Crippen molar-refractivity contribution >= 4 is 23.2 Å². The summed E-state index contributed by atoms with van der Waals surface area (Å²) in [6, 6.07) is 5.01. The number of nitrogens with one attached hydrogen (secondary N) is 2. The SMILES string of the molecule is CC(C)(C)Cn1c(O)c(C(=O)NC2CC2)c(=O)n2nc(Nc3ccnc(C#N)n3)cc12. The molecule has 3 aromatic rings. The van der Waals surface area contributed by atoms with Crippen LogP contribution in [0.25, 0.3) is 5.65 Å². The third-order valence-electron chi connectivity index (χ3n) is 4.64. The van der Waals surface area contributed by atoms with Crippen LogP contribution in [0.3, 0.4) is 0 Å². The summed E-state index contributed by atoms with van der Waals surface area (Å²) < 4.78 is 2.59. The van der Waals surface area contributed by atoms with E-state index >= 15 is 0 Å². The van der Waals surface area contributed by atoms with Crippen LogP contribution in [0.4, 0.5) is 11.6 Å². The van der Waals surface area contributed by atoms with E-state index in [1.807, 2.05) is 26.8 Å². The first-order chi connectivity index (χ1) is 14.7. The fraction of sp³-hybridized carbons (Fsp3) is 0.400. The number of anilines is 2. The van der Waals surface area contributed by atoms with Crippen LogP contribution < -0.4 is 16.2 Å². The normalized spacial score (nSPS) is 13.7. The molecular formula is C20H22N8O3. The van der Waals surface area contributed by atoms with Gasteiger partial charge in [0.05, 0.1) is 0 Å². The van der Waals surface area contributed by atoms with E-state index in [-0.39, 0.29) is 28.7 Å². The first-order valence-corrected chi connectivity index (χ1v) is 9.83. The quantitative estimate of drug-likeness (QED) is 0.560. The third-order valence-corrected chi connectivity index (χ3v) is 4.64. The van der Waals surface area contributed by atoms with Gasteiger partial charge in [0, 0.05) is 24.8 Å². The zero-order valence-electron chi connectivity index (χ0n) is 17.4. The van der Waals surface area contributed by atoms with Gasteiger partial charge in [0.1, 0.15) is 17.5 Å². The monoisotopic (exact) mass is 422 g/mol. The Morgan fingerprint density at radius 1 is 1.35 bits per heavy atom. The highest BCUT2D eigenvalue weighted by atomic mass is 16.3. The Kier molecular flexibility index (Phi) is 4.85. The maximum absolute atomic E-state index is 13.0. The van der Waals surface area contributed by atoms with Crippen LogP contribution in [-0.2, 0) is 6.54 Å². The molecule has 1 saturated carbocycles. The lowest BCUT2D eigenvalue weighted by Gasteiger charge is -2.23. The Balaban J connectivity index is 1.84. The summed E-state index contributed by atoms with van der Waals surface area (Å²) in [5.74, 6) is -0.445. The summed E-state index contributed by atoms with van der Waals surface area (Å²) in [5, 5.41) is 29.8. The maximum atomic E-state index is 13.0. The fourth-order valence-electron chi connectivity index (χ4n) is 3.15. The summed E-state index contributed by atoms with van der Waals surface area (Å²) in [7, 11) is 0. The summed E-state index contributed by atoms with van der Waals surface area (Å²) in [4.78, 5) is 33.6. The van der Waals surface area contributed by atoms with Crippen LogP contribution in [0, 0.1) is 16.7 Å². The van der Waals surface area contributed by atoms with Gasteiger partial charge in [-0.1, -0.05) is 20.8 Å². The van der Waals surface area contributed by atoms with E-state index in [1.165, 1.54) is 10.8 Å². The molecule has 0 aliphatic heterocycles. The molecule has 11 heteroatoms. The Labute approximate surface area is 177 Å². The molecule has 0 radical (unpaired) electrons. The van der Waals surface area contributed by atoms with Crippen LogP contribution in [0.5, 0.6) is 5.88 Å². The van der Waals surface area contributed by atoms with E-state index in [9.17, 15) is 14.7 Å². The number of fused-ring (bicyclic) bond motifs is 1. The minimum atomic E-state index is -0.718. The second-order valence-corrected chi connectivity index (χ2v) is 8.70. The van der Waals surface area contributed by atoms with Crippen molar-refractivity contribution in [2.75, 3.05) is 5.32 Å². The van der Waals surface area contributed by atoms with Gasteiger partial charge in [-0.25, -0.2) is 9.97 Å². The molecule has 1 aliphatic carbocycles. The van der Waals surface area contributed by atoms with Gasteiger partial charge in [-0.3, -0.25) is 14.2 Å². The van der Waals surface area contributed by atoms with Crippen molar-refractivity contribution in [1.29, 1.82) is 5.26 Å². The predicted octanol–water partition coefficient (Wildman–Crippen LogP) is 1.55. The molecule has 0 atom stereocenters. The largest absolute Gasteiger partial charge is 0.494 e. The second kappa shape index (κ2) is 7.39. The highest BCUT2D eigenvalue weighted by Crippen LogP contribution is 2.27. The van der Waals surface area contributed by atoms with Crippen LogP contribution in [0.1, 0.15) is 49.8 Å². The second-order valence-electron chi connectivity index (χ2n) is 8.70. The average Bonchev–Trinajstić information content (AvgIpc) is 3.41. The van der Waals surface area contributed by atoms with Crippen LogP contribution in [-0.4, -0.2) is 41.2 Å². The first kappa shape index (κ1) is 20.3. The minimum absolute atomic E-state index is 0.0160. The number of nitrogens with zero attached hydrogens (tertiary/aromatic N) is 6. The van der Waals surface area contributed by atoms with E-state index < -0.39 is 17.3 Å². The molecule has 11 nitrogen and oxygen atoms in total. The van der Waals surface area contributed by atoms with Gasteiger partial charge < -0.3 is 15.7 Å². The molecule has 3 heterocycles. The molecule has 0 spiro atoms. The summed E-state index contributed by atoms with van der Waals surface area (Å²) >= 11 is 0. The number of hydrogen-bond donors (Lipinski definition) is 3. The molecule has 0 bridgehead atoms. The number of carbonyl (C=O) groups is 1. The summed E-state index contributed by atoms with van der Waals surface area (Å²) in [6.07, 6.45) is 3.13. The number of amides is 1. The predicted molar refractivity (Wildman–Crippen MR) is 111 cm³/mol. The molecule has 31 heavy (non-hydrogen) atoms. The van der Waals surface area contributed by atoms with Crippen LogP contribution >= 0.6 is 0 Å². The lowest BCUT2D eigenvalue weighted by Crippen LogP contribution is -2.35. The van der Waals surface area contributed by atoms with Crippen molar-refractivity contribution < 1.29 is 9.90 Å². The average molecular weight is 422 g/mol. The van der Waals surface area contributed by atoms with Crippen molar-refractivity contribution in [2.45, 2.75) is 46.2 Å². The lowest BCUT2D eigenvalue weighted by atomic mass is 9.96. The Morgan fingerprint density at radius 2 is 2.10 bits per heavy atom. The van der Waals surface area contributed by atoms with Crippen molar-refractivity contribution in [3.05, 3.63) is 40.1 Å². The molecule has 1 fully saturated rings. The zero-order valence-corrected chi connectivity index (χ0v) is 17.4. The molecule has 0 aromatic carbocycles. The Hall–Kier alpha value is -3.94. The molecular weight excluding hydrogens is 400 g/mol. The number of nitriles is 1. The molecule has 1 aliphatic rings. The van der Waals surface area contributed by atoms with Crippen LogP contribution in [0.15, 0.2) is 23.1 Å². The topological polar surface area (TPSA) is 150 Å². The number of aromatic hydroxyl groups is 1. The third kappa shape index (κ3) is 4.18. The summed E-state index contributed by atoms with van der Waals surface area (Å²) in [5.41, 5.74) is -1.00. The highest BCUT2D eigenvalue weighted by molar-refractivity contribution is 5.96. The molecule has 3 aromatic heterocycles. The molecule has 0 saturated heterocycles. The van der Waals surface area contributed by atoms with Gasteiger partial charge in [-0.15, -0.1) is 5.10 Å². The van der Waals surface area contributed by atoms with Gasteiger partial charge in [-0.05, 0) is 24.3 Å². The van der Waals surface area contributed by atoms with Crippen LogP contribution in [0.2, 0.25) is 0 Å². The van der Waals surface area contributed by atoms with Crippen molar-refractivity contribution in [1.82, 2.24) is 29.5 Å². The van der Waals surface area contributed by atoms with Gasteiger partial charge >= 0.3 is 0 Å². The number of carbonyl (C=O) groups excluding carboxylic acids is 1. The van der Waals surface area contributed by atoms with E-state index in [0.29, 0.717) is 18.0 Å². The molecule has 160 valence electrons. The standard InChI is InChI=1S/C20H22N8O3/c1-20(2,3)10-27-15-8-13(24-12-6-7-22-14(9-21)25-12)26-28(15)19(31)16(18(27)30)17(29)23-11-4-5-11/h6-8,11,30H,4-5,10H2,1-3H3,(H,23,29)(H,22,24,25,26). The highest BCUT2D eigenvalue weighted by Gasteiger charge is 2.30. The number of rotatable bonds is 5. The number of aromatic nitrogens is 5. The van der Waals surface area contributed by atoms with Crippen molar-refractivity contribution in [2.24, 2.45) is 5.41 Å². The Bertz CT molecular complexity index is 1270. The van der Waals surface area contributed by atoms with Crippen molar-refractivity contribution in [3.8, 4) is 11.9 Å². The van der Waals surface area contributed by atoms with Gasteiger partial charge in [0.2, 0.25) is 11.7 Å². The molecule has 1 amide bonds. The van der Waals surface area contributed by atoms with E-state index in [2.05, 4.69) is 25.7 Å². The Morgan fingerprint density at radius 3 is 2.74 bits per heavy atom. The van der Waals surface area contributed by atoms with Gasteiger partial charge in [0.25, 0.3) is 11.5 Å². The minimum Gasteiger partial charge on any atom is -0.494 e. The lowest BCUT2D eigenvalue weighted by molar-refractivity contribution is 0.0944. The van der Waals surface area contributed by atoms with E-state index in [1.54, 1.807) is 12.1 Å². The van der Waals surface area contributed by atoms with E-state index in [4.69, 9.17) is 5.26 Å². The van der Waals surface area contributed by atoms with Gasteiger partial charge in [-0.2, -0.15) is 9.78 Å². The zero-order chi connectivity index (χ0) is 22.3. The van der Waals surface area contributed by atoms with Gasteiger partial charge in [0.15, 0.2) is 11.4 Å². The van der Waals surface area contributed by atoms with Crippen molar-refractivity contribution in [3.63, 3.8) is 0 Å². The maximum Gasteiger partial charge on any atom is 0.291 e.